The second-order valence-electron chi connectivity index (χ2n) is 5.76. The Hall–Kier alpha value is -1.36. The van der Waals surface area contributed by atoms with E-state index in [1.54, 1.807) is 0 Å². The third kappa shape index (κ3) is 2.84. The summed E-state index contributed by atoms with van der Waals surface area (Å²) in [6, 6.07) is 8.14. The maximum absolute atomic E-state index is 9.77. The predicted molar refractivity (Wildman–Crippen MR) is 82.3 cm³/mol. The van der Waals surface area contributed by atoms with Crippen LogP contribution in [0.5, 0.6) is 0 Å². The van der Waals surface area contributed by atoms with Crippen LogP contribution in [0.25, 0.3) is 11.0 Å². The van der Waals surface area contributed by atoms with Gasteiger partial charge in [-0.1, -0.05) is 25.1 Å². The molecule has 0 bridgehead atoms. The summed E-state index contributed by atoms with van der Waals surface area (Å²) in [7, 11) is 0. The average Bonchev–Trinajstić information content (AvgIpc) is 2.91. The van der Waals surface area contributed by atoms with E-state index in [0.717, 1.165) is 37.2 Å². The van der Waals surface area contributed by atoms with Crippen molar-refractivity contribution in [1.82, 2.24) is 5.32 Å². The van der Waals surface area contributed by atoms with Gasteiger partial charge < -0.3 is 19.6 Å². The van der Waals surface area contributed by atoms with Crippen LogP contribution < -0.4 is 5.32 Å². The lowest BCUT2D eigenvalue weighted by molar-refractivity contribution is 0.0111. The molecule has 1 aliphatic heterocycles. The minimum Gasteiger partial charge on any atom is -0.461 e. The minimum atomic E-state index is -0.221. The van der Waals surface area contributed by atoms with Crippen molar-refractivity contribution in [3.05, 3.63) is 35.6 Å². The second-order valence-corrected chi connectivity index (χ2v) is 5.76. The van der Waals surface area contributed by atoms with Crippen LogP contribution in [0.15, 0.2) is 28.7 Å². The molecule has 0 unspecified atom stereocenters. The minimum absolute atomic E-state index is 0.146. The van der Waals surface area contributed by atoms with E-state index in [0.29, 0.717) is 13.2 Å². The quantitative estimate of drug-likeness (QED) is 0.888. The maximum Gasteiger partial charge on any atom is 0.134 e. The molecular formula is C17H23NO3. The van der Waals surface area contributed by atoms with Crippen LogP contribution >= 0.6 is 0 Å². The number of hydrogen-bond acceptors (Lipinski definition) is 4. The Morgan fingerprint density at radius 1 is 1.24 bits per heavy atom. The number of fused-ring (bicyclic) bond motifs is 1. The van der Waals surface area contributed by atoms with Gasteiger partial charge in [-0.05, 0) is 18.9 Å². The molecule has 114 valence electrons. The molecule has 0 radical (unpaired) electrons. The molecule has 0 saturated carbocycles. The number of hydrogen-bond donors (Lipinski definition) is 2. The highest BCUT2D eigenvalue weighted by atomic mass is 16.5. The lowest BCUT2D eigenvalue weighted by Gasteiger charge is -2.36. The van der Waals surface area contributed by atoms with E-state index in [1.165, 1.54) is 10.9 Å². The van der Waals surface area contributed by atoms with Crippen LogP contribution in [0.2, 0.25) is 0 Å². The fraction of sp³-hybridized carbons (Fsp3) is 0.529. The summed E-state index contributed by atoms with van der Waals surface area (Å²) in [5.41, 5.74) is 1.94. The molecular weight excluding hydrogens is 266 g/mol. The van der Waals surface area contributed by atoms with E-state index < -0.39 is 0 Å². The van der Waals surface area contributed by atoms with Crippen LogP contribution in [0.4, 0.5) is 0 Å². The third-order valence-electron chi connectivity index (χ3n) is 4.50. The van der Waals surface area contributed by atoms with Gasteiger partial charge in [-0.25, -0.2) is 0 Å². The number of aryl methyl sites for hydroxylation is 1. The molecule has 0 atom stereocenters. The highest BCUT2D eigenvalue weighted by Crippen LogP contribution is 2.28. The van der Waals surface area contributed by atoms with E-state index in [2.05, 4.69) is 18.3 Å². The van der Waals surface area contributed by atoms with Crippen LogP contribution in [0.3, 0.4) is 0 Å². The third-order valence-corrected chi connectivity index (χ3v) is 4.50. The number of furan rings is 1. The summed E-state index contributed by atoms with van der Waals surface area (Å²) >= 11 is 0. The zero-order valence-corrected chi connectivity index (χ0v) is 12.5. The molecule has 1 aromatic heterocycles. The van der Waals surface area contributed by atoms with Gasteiger partial charge in [-0.3, -0.25) is 0 Å². The molecule has 1 aliphatic rings. The first-order chi connectivity index (χ1) is 10.3. The van der Waals surface area contributed by atoms with E-state index in [-0.39, 0.29) is 12.1 Å². The highest BCUT2D eigenvalue weighted by Gasteiger charge is 2.31. The van der Waals surface area contributed by atoms with Crippen molar-refractivity contribution in [2.45, 2.75) is 38.3 Å². The normalized spacial score (nSPS) is 18.2. The molecule has 4 heteroatoms. The van der Waals surface area contributed by atoms with Gasteiger partial charge in [0.05, 0.1) is 6.61 Å². The molecule has 2 N–H and O–H groups in total. The topological polar surface area (TPSA) is 54.6 Å². The molecule has 0 spiro atoms. The number of para-hydroxylation sites is 1. The first-order valence-electron chi connectivity index (χ1n) is 7.71. The molecule has 1 saturated heterocycles. The molecule has 3 rings (SSSR count). The zero-order chi connectivity index (χ0) is 14.7. The lowest BCUT2D eigenvalue weighted by atomic mass is 9.90. The summed E-state index contributed by atoms with van der Waals surface area (Å²) in [5.74, 6) is 1.03. The smallest absolute Gasteiger partial charge is 0.134 e. The lowest BCUT2D eigenvalue weighted by Crippen LogP contribution is -2.51. The van der Waals surface area contributed by atoms with Gasteiger partial charge in [0, 0.05) is 42.7 Å². The first kappa shape index (κ1) is 14.6. The summed E-state index contributed by atoms with van der Waals surface area (Å²) < 4.78 is 11.3. The van der Waals surface area contributed by atoms with Crippen molar-refractivity contribution in [2.75, 3.05) is 19.8 Å². The Labute approximate surface area is 125 Å². The molecule has 21 heavy (non-hydrogen) atoms. The average molecular weight is 289 g/mol. The van der Waals surface area contributed by atoms with Gasteiger partial charge in [-0.2, -0.15) is 0 Å². The van der Waals surface area contributed by atoms with E-state index in [9.17, 15) is 5.11 Å². The van der Waals surface area contributed by atoms with E-state index in [4.69, 9.17) is 9.15 Å². The van der Waals surface area contributed by atoms with Gasteiger partial charge in [0.25, 0.3) is 0 Å². The number of aliphatic hydroxyl groups is 1. The summed E-state index contributed by atoms with van der Waals surface area (Å²) in [6.45, 7) is 4.40. The van der Waals surface area contributed by atoms with Gasteiger partial charge in [0.15, 0.2) is 0 Å². The van der Waals surface area contributed by atoms with Gasteiger partial charge in [0.1, 0.15) is 11.3 Å². The second kappa shape index (κ2) is 6.18. The first-order valence-corrected chi connectivity index (χ1v) is 7.71. The Balaban J connectivity index is 1.84. The van der Waals surface area contributed by atoms with Crippen molar-refractivity contribution < 1.29 is 14.3 Å². The molecule has 4 nitrogen and oxygen atoms in total. The van der Waals surface area contributed by atoms with Gasteiger partial charge >= 0.3 is 0 Å². The number of ether oxygens (including phenoxy) is 1. The number of rotatable bonds is 5. The molecule has 0 amide bonds. The predicted octanol–water partition coefficient (Wildman–Crippen LogP) is 2.63. The Bertz CT molecular complexity index is 599. The summed E-state index contributed by atoms with van der Waals surface area (Å²) in [6.07, 6.45) is 2.57. The zero-order valence-electron chi connectivity index (χ0n) is 12.5. The molecule has 2 heterocycles. The van der Waals surface area contributed by atoms with Crippen LogP contribution in [-0.4, -0.2) is 30.5 Å². The van der Waals surface area contributed by atoms with E-state index >= 15 is 0 Å². The van der Waals surface area contributed by atoms with Gasteiger partial charge in [-0.15, -0.1) is 0 Å². The van der Waals surface area contributed by atoms with Crippen molar-refractivity contribution in [1.29, 1.82) is 0 Å². The number of aliphatic hydroxyl groups excluding tert-OH is 1. The number of benzene rings is 1. The van der Waals surface area contributed by atoms with Crippen molar-refractivity contribution in [3.63, 3.8) is 0 Å². The van der Waals surface area contributed by atoms with E-state index in [1.807, 2.05) is 18.2 Å². The van der Waals surface area contributed by atoms with Crippen LogP contribution in [0, 0.1) is 0 Å². The highest BCUT2D eigenvalue weighted by molar-refractivity contribution is 5.82. The standard InChI is InChI=1S/C17H23NO3/c1-2-15-14(13-5-3-4-6-16(13)21-15)11-18-17(12-19)7-9-20-10-8-17/h3-6,18-19H,2,7-12H2,1H3. The summed E-state index contributed by atoms with van der Waals surface area (Å²) in [5, 5.41) is 14.5. The van der Waals surface area contributed by atoms with Crippen molar-refractivity contribution in [2.24, 2.45) is 0 Å². The molecule has 2 aromatic rings. The number of nitrogens with one attached hydrogen (secondary N) is 1. The van der Waals surface area contributed by atoms with Crippen molar-refractivity contribution >= 4 is 11.0 Å². The molecule has 0 aliphatic carbocycles. The van der Waals surface area contributed by atoms with Crippen molar-refractivity contribution in [3.8, 4) is 0 Å². The fourth-order valence-corrected chi connectivity index (χ4v) is 3.06. The Kier molecular flexibility index (Phi) is 4.29. The van der Waals surface area contributed by atoms with Crippen LogP contribution in [0.1, 0.15) is 31.1 Å². The van der Waals surface area contributed by atoms with Gasteiger partial charge in [0.2, 0.25) is 0 Å². The molecule has 1 fully saturated rings. The summed E-state index contributed by atoms with van der Waals surface area (Å²) in [4.78, 5) is 0. The fourth-order valence-electron chi connectivity index (χ4n) is 3.06. The monoisotopic (exact) mass is 289 g/mol. The largest absolute Gasteiger partial charge is 0.461 e. The maximum atomic E-state index is 9.77. The Morgan fingerprint density at radius 2 is 2.00 bits per heavy atom. The SMILES string of the molecule is CCc1oc2ccccc2c1CNC1(CO)CCOCC1. The molecule has 1 aromatic carbocycles. The van der Waals surface area contributed by atoms with Crippen LogP contribution in [-0.2, 0) is 17.7 Å². The Morgan fingerprint density at radius 3 is 2.71 bits per heavy atom.